The van der Waals surface area contributed by atoms with Crippen LogP contribution < -0.4 is 10.7 Å². The number of nitrogens with one attached hydrogen (secondary N) is 2. The summed E-state index contributed by atoms with van der Waals surface area (Å²) in [5.74, 6) is -1.10. The van der Waals surface area contributed by atoms with E-state index in [9.17, 15) is 19.2 Å². The van der Waals surface area contributed by atoms with E-state index in [4.69, 9.17) is 24.2 Å². The Labute approximate surface area is 380 Å². The highest BCUT2D eigenvalue weighted by atomic mass is 32.1. The van der Waals surface area contributed by atoms with Gasteiger partial charge in [-0.3, -0.25) is 19.6 Å². The van der Waals surface area contributed by atoms with Gasteiger partial charge in [0.2, 0.25) is 5.91 Å². The van der Waals surface area contributed by atoms with Crippen molar-refractivity contribution in [3.63, 3.8) is 0 Å². The number of hydrogen-bond acceptors (Lipinski definition) is 11. The predicted octanol–water partition coefficient (Wildman–Crippen LogP) is 6.19. The first kappa shape index (κ1) is 45.8. The summed E-state index contributed by atoms with van der Waals surface area (Å²) in [7, 11) is 3.35. The Hall–Kier alpha value is -4.74. The zero-order valence-corrected chi connectivity index (χ0v) is 39.4. The van der Waals surface area contributed by atoms with Crippen LogP contribution in [0.2, 0.25) is 0 Å². The number of amides is 4. The lowest BCUT2D eigenvalue weighted by Crippen LogP contribution is -2.68. The number of likely N-dealkylation sites (tertiary alicyclic amines) is 1. The molecule has 6 bridgehead atoms. The minimum absolute atomic E-state index is 0.0492. The molecule has 1 aromatic carbocycles. The normalized spacial score (nSPS) is 23.1. The third-order valence-corrected chi connectivity index (χ3v) is 14.4. The second kappa shape index (κ2) is 18.3. The first-order valence-corrected chi connectivity index (χ1v) is 23.7. The minimum Gasteiger partial charge on any atom is -0.378 e. The van der Waals surface area contributed by atoms with Crippen molar-refractivity contribution in [2.45, 2.75) is 116 Å². The SMILES string of the molecule is CCn1c(-c2cccnc2[C@H](C)OC)c2c3cc(ccc31)-c1csc(n1)C[C@H](NC(=O)[C@H](C(C)C)N(C)C(=O)N1CC3(CCCO3)C1)C(=O)N1CCCC(C=O)(COCC(C)(C)C2)N1. The third kappa shape index (κ3) is 8.83. The van der Waals surface area contributed by atoms with Gasteiger partial charge >= 0.3 is 6.03 Å². The number of methoxy groups -OCH3 is 1. The molecule has 4 amide bonds. The molecule has 2 N–H and O–H groups in total. The van der Waals surface area contributed by atoms with Crippen LogP contribution >= 0.6 is 11.3 Å². The predicted molar refractivity (Wildman–Crippen MR) is 245 cm³/mol. The second-order valence-electron chi connectivity index (χ2n) is 19.4. The lowest BCUT2D eigenvalue weighted by Gasteiger charge is -2.49. The van der Waals surface area contributed by atoms with Gasteiger partial charge in [-0.05, 0) is 87.1 Å². The number of urea groups is 1. The molecule has 4 aromatic rings. The van der Waals surface area contributed by atoms with E-state index in [0.29, 0.717) is 57.1 Å². The van der Waals surface area contributed by atoms with E-state index in [-0.39, 0.29) is 36.7 Å². The fraction of sp³-hybridized carbons (Fsp3) is 0.583. The Bertz CT molecular complexity index is 2380. The van der Waals surface area contributed by atoms with Gasteiger partial charge in [-0.25, -0.2) is 15.2 Å². The van der Waals surface area contributed by atoms with E-state index in [1.807, 2.05) is 32.2 Å². The summed E-state index contributed by atoms with van der Waals surface area (Å²) in [4.78, 5) is 69.1. The summed E-state index contributed by atoms with van der Waals surface area (Å²) >= 11 is 1.43. The Morgan fingerprint density at radius 1 is 1.14 bits per heavy atom. The number of aromatic nitrogens is 3. The summed E-state index contributed by atoms with van der Waals surface area (Å²) < 4.78 is 20.6. The fourth-order valence-corrected chi connectivity index (χ4v) is 11.1. The van der Waals surface area contributed by atoms with Crippen LogP contribution in [-0.2, 0) is 48.0 Å². The van der Waals surface area contributed by atoms with Crippen LogP contribution in [0.5, 0.6) is 0 Å². The quantitative estimate of drug-likeness (QED) is 0.186. The average Bonchev–Trinajstić information content (AvgIpc) is 4.03. The number of carbonyl (C=O) groups is 4. The monoisotopic (exact) mass is 896 g/mol. The van der Waals surface area contributed by atoms with Gasteiger partial charge in [0.05, 0.1) is 54.5 Å². The molecule has 344 valence electrons. The van der Waals surface area contributed by atoms with Crippen molar-refractivity contribution in [3.05, 3.63) is 58.2 Å². The standard InChI is InChI=1S/C48H64N8O7S/c1-9-55-38-15-14-32-21-34(38)35(42(55)33-13-10-18-49-40(33)31(4)61-8)23-46(5,6)28-62-29-47(27-57)16-11-19-56(52-47)44(59)36(22-39-50-37(32)24-64-39)51-43(58)41(30(2)3)53(7)45(60)54-25-48(26-54)17-12-20-63-48/h10,13-15,18,21,24,27,30-31,36,41,52H,9,11-12,16-17,19-20,22-23,25-26,28-29H2,1-8H3,(H,51,58)/t31-,36-,41-,47?/m0/s1. The van der Waals surface area contributed by atoms with Crippen molar-refractivity contribution in [2.75, 3.05) is 53.6 Å². The Balaban J connectivity index is 1.17. The molecule has 0 aliphatic carbocycles. The number of pyridine rings is 1. The molecular formula is C48H64N8O7S. The van der Waals surface area contributed by atoms with Crippen molar-refractivity contribution in [2.24, 2.45) is 11.3 Å². The van der Waals surface area contributed by atoms with Gasteiger partial charge in [0.25, 0.3) is 5.91 Å². The largest absolute Gasteiger partial charge is 0.378 e. The number of aryl methyl sites for hydroxylation is 1. The molecule has 64 heavy (non-hydrogen) atoms. The Kier molecular flexibility index (Phi) is 13.1. The van der Waals surface area contributed by atoms with E-state index in [1.165, 1.54) is 21.2 Å². The van der Waals surface area contributed by atoms with Crippen molar-refractivity contribution in [3.8, 4) is 22.5 Å². The lowest BCUT2D eigenvalue weighted by molar-refractivity contribution is -0.147. The van der Waals surface area contributed by atoms with Crippen molar-refractivity contribution < 1.29 is 33.4 Å². The number of thiazole rings is 1. The van der Waals surface area contributed by atoms with Crippen molar-refractivity contribution in [1.29, 1.82) is 0 Å². The number of likely N-dealkylation sites (N-methyl/N-ethyl adjacent to an activating group) is 1. The first-order chi connectivity index (χ1) is 30.6. The van der Waals surface area contributed by atoms with E-state index in [1.54, 1.807) is 25.3 Å². The maximum atomic E-state index is 14.7. The minimum atomic E-state index is -1.16. The highest BCUT2D eigenvalue weighted by molar-refractivity contribution is 7.10. The van der Waals surface area contributed by atoms with E-state index in [2.05, 4.69) is 60.3 Å². The molecule has 4 atom stereocenters. The molecule has 15 nitrogen and oxygen atoms in total. The molecule has 7 heterocycles. The zero-order chi connectivity index (χ0) is 45.6. The van der Waals surface area contributed by atoms with Crippen LogP contribution in [0.4, 0.5) is 4.79 Å². The van der Waals surface area contributed by atoms with Gasteiger partial charge < -0.3 is 38.7 Å². The van der Waals surface area contributed by atoms with E-state index >= 15 is 0 Å². The molecule has 0 radical (unpaired) electrons. The second-order valence-corrected chi connectivity index (χ2v) is 20.3. The van der Waals surface area contributed by atoms with E-state index < -0.39 is 34.9 Å². The highest BCUT2D eigenvalue weighted by Crippen LogP contribution is 2.42. The molecule has 4 aliphatic rings. The average molecular weight is 897 g/mol. The zero-order valence-electron chi connectivity index (χ0n) is 38.6. The van der Waals surface area contributed by atoms with Crippen molar-refractivity contribution in [1.82, 2.24) is 40.1 Å². The lowest BCUT2D eigenvalue weighted by atomic mass is 9.84. The summed E-state index contributed by atoms with van der Waals surface area (Å²) in [6, 6.07) is 8.38. The topological polar surface area (TPSA) is 160 Å². The number of fused-ring (bicyclic) bond motifs is 6. The maximum absolute atomic E-state index is 14.7. The fourth-order valence-electron chi connectivity index (χ4n) is 10.2. The molecular weight excluding hydrogens is 833 g/mol. The van der Waals surface area contributed by atoms with Crippen molar-refractivity contribution >= 4 is 46.4 Å². The number of nitrogens with zero attached hydrogens (tertiary/aromatic N) is 6. The number of benzene rings is 1. The van der Waals surface area contributed by atoms with Crippen LogP contribution in [0, 0.1) is 11.3 Å². The molecule has 3 saturated heterocycles. The van der Waals surface area contributed by atoms with Crippen LogP contribution in [0.1, 0.15) is 89.6 Å². The van der Waals surface area contributed by atoms with Gasteiger partial charge in [0, 0.05) is 73.9 Å². The molecule has 0 saturated carbocycles. The number of rotatable bonds is 9. The van der Waals surface area contributed by atoms with Gasteiger partial charge in [-0.15, -0.1) is 11.3 Å². The summed E-state index contributed by atoms with van der Waals surface area (Å²) in [6.45, 7) is 15.4. The Morgan fingerprint density at radius 3 is 2.64 bits per heavy atom. The smallest absolute Gasteiger partial charge is 0.320 e. The van der Waals surface area contributed by atoms with Gasteiger partial charge in [0.15, 0.2) is 0 Å². The summed E-state index contributed by atoms with van der Waals surface area (Å²) in [5, 5.41) is 8.27. The summed E-state index contributed by atoms with van der Waals surface area (Å²) in [5.41, 5.74) is 8.29. The van der Waals surface area contributed by atoms with Crippen LogP contribution in [0.25, 0.3) is 33.4 Å². The molecule has 1 unspecified atom stereocenters. The number of ether oxygens (including phenoxy) is 3. The first-order valence-electron chi connectivity index (χ1n) is 22.8. The number of hydrogen-bond donors (Lipinski definition) is 2. The molecule has 4 aliphatic heterocycles. The number of aldehydes is 1. The molecule has 16 heteroatoms. The number of hydrazine groups is 1. The number of carbonyl (C=O) groups excluding carboxylic acids is 4. The molecule has 8 rings (SSSR count). The van der Waals surface area contributed by atoms with Gasteiger partial charge in [0.1, 0.15) is 29.5 Å². The molecule has 3 aromatic heterocycles. The van der Waals surface area contributed by atoms with E-state index in [0.717, 1.165) is 70.3 Å². The van der Waals surface area contributed by atoms with Crippen LogP contribution in [-0.4, -0.2) is 130 Å². The van der Waals surface area contributed by atoms with Crippen LogP contribution in [0.15, 0.2) is 41.9 Å². The summed E-state index contributed by atoms with van der Waals surface area (Å²) in [6.07, 6.45) is 6.09. The maximum Gasteiger partial charge on any atom is 0.320 e. The van der Waals surface area contributed by atoms with Crippen LogP contribution in [0.3, 0.4) is 0 Å². The molecule has 1 spiro atoms. The Morgan fingerprint density at radius 2 is 1.94 bits per heavy atom. The highest BCUT2D eigenvalue weighted by Gasteiger charge is 2.50. The van der Waals surface area contributed by atoms with Gasteiger partial charge in [-0.2, -0.15) is 0 Å². The molecule has 3 fully saturated rings. The van der Waals surface area contributed by atoms with Gasteiger partial charge in [-0.1, -0.05) is 33.8 Å². The third-order valence-electron chi connectivity index (χ3n) is 13.6.